The van der Waals surface area contributed by atoms with E-state index in [9.17, 15) is 4.79 Å². The number of carbonyl (C=O) groups excluding carboxylic acids is 1. The Kier molecular flexibility index (Phi) is 5.01. The topological polar surface area (TPSA) is 51.0 Å². The molecule has 4 rings (SSSR count). The van der Waals surface area contributed by atoms with E-state index in [1.807, 2.05) is 59.5 Å². The Morgan fingerprint density at radius 2 is 1.56 bits per heavy atom. The molecule has 138 valence electrons. The molecule has 3 aromatic rings. The Hall–Kier alpha value is -2.95. The van der Waals surface area contributed by atoms with Crippen LogP contribution in [-0.2, 0) is 0 Å². The molecule has 1 fully saturated rings. The Balaban J connectivity index is 1.75. The molecular formula is C22H24N4O. The molecule has 0 saturated carbocycles. The zero-order chi connectivity index (χ0) is 18.6. The molecule has 27 heavy (non-hydrogen) atoms. The fourth-order valence-corrected chi connectivity index (χ4v) is 3.46. The zero-order valence-electron chi connectivity index (χ0n) is 15.6. The van der Waals surface area contributed by atoms with Crippen molar-refractivity contribution in [1.29, 1.82) is 0 Å². The van der Waals surface area contributed by atoms with Gasteiger partial charge in [-0.05, 0) is 31.9 Å². The van der Waals surface area contributed by atoms with Gasteiger partial charge in [0.15, 0.2) is 5.82 Å². The van der Waals surface area contributed by atoms with Gasteiger partial charge in [-0.2, -0.15) is 0 Å². The minimum absolute atomic E-state index is 0.0695. The molecule has 0 radical (unpaired) electrons. The second kappa shape index (κ2) is 7.74. The van der Waals surface area contributed by atoms with Gasteiger partial charge in [-0.25, -0.2) is 9.67 Å². The van der Waals surface area contributed by atoms with Crippen LogP contribution < -0.4 is 0 Å². The molecule has 1 saturated heterocycles. The smallest absolute Gasteiger partial charge is 0.293 e. The average Bonchev–Trinajstić information content (AvgIpc) is 2.97. The number of amides is 1. The number of nitrogens with zero attached hydrogens (tertiary/aromatic N) is 4. The van der Waals surface area contributed by atoms with Crippen molar-refractivity contribution in [2.75, 3.05) is 13.1 Å². The summed E-state index contributed by atoms with van der Waals surface area (Å²) in [6.07, 6.45) is 4.47. The predicted molar refractivity (Wildman–Crippen MR) is 106 cm³/mol. The van der Waals surface area contributed by atoms with Crippen LogP contribution >= 0.6 is 0 Å². The zero-order valence-corrected chi connectivity index (χ0v) is 15.6. The normalized spacial score (nSPS) is 14.8. The number of hydrogen-bond acceptors (Lipinski definition) is 3. The van der Waals surface area contributed by atoms with Crippen molar-refractivity contribution >= 4 is 5.91 Å². The van der Waals surface area contributed by atoms with E-state index in [0.29, 0.717) is 5.82 Å². The molecule has 5 nitrogen and oxygen atoms in total. The van der Waals surface area contributed by atoms with Gasteiger partial charge in [0, 0.05) is 18.7 Å². The van der Waals surface area contributed by atoms with Gasteiger partial charge in [-0.3, -0.25) is 4.79 Å². The molecule has 2 heterocycles. The van der Waals surface area contributed by atoms with Gasteiger partial charge in [-0.1, -0.05) is 60.9 Å². The fraction of sp³-hybridized carbons (Fsp3) is 0.318. The summed E-state index contributed by atoms with van der Waals surface area (Å²) in [5, 5.41) is 4.61. The summed E-state index contributed by atoms with van der Waals surface area (Å²) in [5.74, 6) is 0.897. The summed E-state index contributed by atoms with van der Waals surface area (Å²) in [5.41, 5.74) is 3.03. The van der Waals surface area contributed by atoms with Crippen molar-refractivity contribution in [2.24, 2.45) is 0 Å². The third-order valence-corrected chi connectivity index (χ3v) is 5.00. The second-order valence-electron chi connectivity index (χ2n) is 7.08. The first-order valence-corrected chi connectivity index (χ1v) is 9.61. The lowest BCUT2D eigenvalue weighted by Gasteiger charge is -2.18. The Morgan fingerprint density at radius 1 is 0.889 bits per heavy atom. The SMILES string of the molecule is Cc1ccc(-n2nc(C(=O)N3CCCCCC3)nc2-c2ccccc2)cc1. The van der Waals surface area contributed by atoms with Crippen molar-refractivity contribution < 1.29 is 4.79 Å². The molecule has 1 aliphatic rings. The van der Waals surface area contributed by atoms with Gasteiger partial charge in [0.1, 0.15) is 0 Å². The van der Waals surface area contributed by atoms with Crippen molar-refractivity contribution in [1.82, 2.24) is 19.7 Å². The monoisotopic (exact) mass is 360 g/mol. The standard InChI is InChI=1S/C22H24N4O/c1-17-11-13-19(14-12-17)26-21(18-9-5-4-6-10-18)23-20(24-26)22(27)25-15-7-2-3-8-16-25/h4-6,9-14H,2-3,7-8,15-16H2,1H3. The summed E-state index contributed by atoms with van der Waals surface area (Å²) < 4.78 is 1.78. The van der Waals surface area contributed by atoms with Crippen LogP contribution in [-0.4, -0.2) is 38.7 Å². The quantitative estimate of drug-likeness (QED) is 0.701. The summed E-state index contributed by atoms with van der Waals surface area (Å²) in [6, 6.07) is 18.0. The number of carbonyl (C=O) groups is 1. The van der Waals surface area contributed by atoms with Crippen molar-refractivity contribution in [2.45, 2.75) is 32.6 Å². The lowest BCUT2D eigenvalue weighted by atomic mass is 10.2. The number of benzene rings is 2. The van der Waals surface area contributed by atoms with Crippen LogP contribution in [0.25, 0.3) is 17.1 Å². The summed E-state index contributed by atoms with van der Waals surface area (Å²) in [4.78, 5) is 19.6. The third kappa shape index (κ3) is 3.77. The van der Waals surface area contributed by atoms with Crippen LogP contribution in [0.5, 0.6) is 0 Å². The first-order chi connectivity index (χ1) is 13.2. The van der Waals surface area contributed by atoms with Crippen LogP contribution in [0.4, 0.5) is 0 Å². The third-order valence-electron chi connectivity index (χ3n) is 5.00. The first-order valence-electron chi connectivity index (χ1n) is 9.61. The molecule has 1 amide bonds. The Labute approximate surface area is 159 Å². The van der Waals surface area contributed by atoms with Gasteiger partial charge in [0.25, 0.3) is 5.91 Å². The maximum absolute atomic E-state index is 13.0. The van der Waals surface area contributed by atoms with Gasteiger partial charge in [-0.15, -0.1) is 5.10 Å². The van der Waals surface area contributed by atoms with E-state index in [1.165, 1.54) is 18.4 Å². The average molecular weight is 360 g/mol. The highest BCUT2D eigenvalue weighted by Gasteiger charge is 2.24. The molecule has 0 aliphatic carbocycles. The Bertz CT molecular complexity index is 907. The summed E-state index contributed by atoms with van der Waals surface area (Å²) in [7, 11) is 0. The minimum Gasteiger partial charge on any atom is -0.336 e. The van der Waals surface area contributed by atoms with E-state index in [4.69, 9.17) is 0 Å². The molecule has 5 heteroatoms. The molecule has 0 bridgehead atoms. The second-order valence-corrected chi connectivity index (χ2v) is 7.08. The maximum Gasteiger partial charge on any atom is 0.293 e. The number of likely N-dealkylation sites (tertiary alicyclic amines) is 1. The molecule has 1 aliphatic heterocycles. The summed E-state index contributed by atoms with van der Waals surface area (Å²) >= 11 is 0. The molecule has 2 aromatic carbocycles. The van der Waals surface area contributed by atoms with Crippen LogP contribution in [0.3, 0.4) is 0 Å². The van der Waals surface area contributed by atoms with E-state index in [-0.39, 0.29) is 11.7 Å². The number of hydrogen-bond donors (Lipinski definition) is 0. The highest BCUT2D eigenvalue weighted by molar-refractivity contribution is 5.91. The van der Waals surface area contributed by atoms with Crippen LogP contribution in [0.1, 0.15) is 41.9 Å². The predicted octanol–water partition coefficient (Wildman–Crippen LogP) is 4.26. The highest BCUT2D eigenvalue weighted by Crippen LogP contribution is 2.22. The van der Waals surface area contributed by atoms with E-state index in [0.717, 1.165) is 37.2 Å². The number of aromatic nitrogens is 3. The molecule has 0 spiro atoms. The van der Waals surface area contributed by atoms with E-state index in [1.54, 1.807) is 4.68 Å². The van der Waals surface area contributed by atoms with Crippen LogP contribution in [0.15, 0.2) is 54.6 Å². The molecule has 0 unspecified atom stereocenters. The Morgan fingerprint density at radius 3 is 2.22 bits per heavy atom. The molecule has 0 N–H and O–H groups in total. The number of rotatable bonds is 3. The van der Waals surface area contributed by atoms with Gasteiger partial charge < -0.3 is 4.90 Å². The van der Waals surface area contributed by atoms with Crippen molar-refractivity contribution in [3.8, 4) is 17.1 Å². The minimum atomic E-state index is -0.0695. The van der Waals surface area contributed by atoms with Gasteiger partial charge in [0.05, 0.1) is 5.69 Å². The van der Waals surface area contributed by atoms with Gasteiger partial charge >= 0.3 is 0 Å². The van der Waals surface area contributed by atoms with Gasteiger partial charge in [0.2, 0.25) is 5.82 Å². The first kappa shape index (κ1) is 17.5. The number of aryl methyl sites for hydroxylation is 1. The molecule has 1 aromatic heterocycles. The van der Waals surface area contributed by atoms with E-state index >= 15 is 0 Å². The largest absolute Gasteiger partial charge is 0.336 e. The van der Waals surface area contributed by atoms with Crippen molar-refractivity contribution in [3.63, 3.8) is 0 Å². The van der Waals surface area contributed by atoms with E-state index in [2.05, 4.69) is 17.0 Å². The maximum atomic E-state index is 13.0. The van der Waals surface area contributed by atoms with Crippen molar-refractivity contribution in [3.05, 3.63) is 66.0 Å². The lowest BCUT2D eigenvalue weighted by molar-refractivity contribution is 0.0749. The molecular weight excluding hydrogens is 336 g/mol. The van der Waals surface area contributed by atoms with E-state index < -0.39 is 0 Å². The van der Waals surface area contributed by atoms with Crippen LogP contribution in [0.2, 0.25) is 0 Å². The fourth-order valence-electron chi connectivity index (χ4n) is 3.46. The summed E-state index contributed by atoms with van der Waals surface area (Å²) in [6.45, 7) is 3.63. The van der Waals surface area contributed by atoms with Crippen LogP contribution in [0, 0.1) is 6.92 Å². The highest BCUT2D eigenvalue weighted by atomic mass is 16.2. The lowest BCUT2D eigenvalue weighted by Crippen LogP contribution is -2.32. The molecule has 0 atom stereocenters.